The number of rotatable bonds is 3. The van der Waals surface area contributed by atoms with Crippen LogP contribution in [0.3, 0.4) is 0 Å². The van der Waals surface area contributed by atoms with Crippen molar-refractivity contribution in [2.24, 2.45) is 4.99 Å². The van der Waals surface area contributed by atoms with Crippen molar-refractivity contribution in [3.8, 4) is 0 Å². The number of pyridine rings is 1. The first-order chi connectivity index (χ1) is 10.7. The van der Waals surface area contributed by atoms with E-state index in [1.54, 1.807) is 24.5 Å². The highest BCUT2D eigenvalue weighted by atomic mass is 16.3. The summed E-state index contributed by atoms with van der Waals surface area (Å²) in [6.45, 7) is 0. The van der Waals surface area contributed by atoms with Crippen LogP contribution in [0.5, 0.6) is 0 Å². The predicted molar refractivity (Wildman–Crippen MR) is 85.5 cm³/mol. The van der Waals surface area contributed by atoms with E-state index in [1.165, 1.54) is 6.21 Å². The predicted octanol–water partition coefficient (Wildman–Crippen LogP) is 3.74. The fraction of sp³-hybridized carbons (Fsp3) is 0.167. The number of aliphatic hydroxyl groups excluding tert-OH is 1. The summed E-state index contributed by atoms with van der Waals surface area (Å²) >= 11 is 0. The monoisotopic (exact) mass is 292 g/mol. The summed E-state index contributed by atoms with van der Waals surface area (Å²) in [6.07, 6.45) is 5.56. The number of Topliss-reactive ketones (excluding diaryl/α,β-unsaturated/α-hetero) is 1. The van der Waals surface area contributed by atoms with Crippen molar-refractivity contribution < 1.29 is 9.90 Å². The first-order valence-corrected chi connectivity index (χ1v) is 7.18. The maximum Gasteiger partial charge on any atom is 0.168 e. The fourth-order valence-electron chi connectivity index (χ4n) is 2.59. The molecule has 1 N–H and O–H groups in total. The molecule has 3 rings (SSSR count). The average molecular weight is 292 g/mol. The SMILES string of the molecule is O=C1CC(c2ccccc2)CC(O)=C1C=Nc1cccnc1. The molecule has 1 aliphatic rings. The van der Waals surface area contributed by atoms with E-state index in [2.05, 4.69) is 9.98 Å². The lowest BCUT2D eigenvalue weighted by Crippen LogP contribution is -2.19. The van der Waals surface area contributed by atoms with Gasteiger partial charge in [0.2, 0.25) is 0 Å². The van der Waals surface area contributed by atoms with E-state index < -0.39 is 0 Å². The van der Waals surface area contributed by atoms with Crippen LogP contribution in [0.2, 0.25) is 0 Å². The maximum absolute atomic E-state index is 12.3. The number of carbonyl (C=O) groups excluding carboxylic acids is 1. The third kappa shape index (κ3) is 3.11. The lowest BCUT2D eigenvalue weighted by Gasteiger charge is -2.22. The second kappa shape index (κ2) is 6.35. The third-order valence-corrected chi connectivity index (χ3v) is 3.74. The number of aromatic nitrogens is 1. The topological polar surface area (TPSA) is 62.5 Å². The summed E-state index contributed by atoms with van der Waals surface area (Å²) in [6, 6.07) is 13.4. The number of aliphatic imine (C=N–C) groups is 1. The highest BCUT2D eigenvalue weighted by molar-refractivity contribution is 6.15. The summed E-state index contributed by atoms with van der Waals surface area (Å²) in [5.41, 5.74) is 2.03. The van der Waals surface area contributed by atoms with Gasteiger partial charge in [-0.2, -0.15) is 0 Å². The Morgan fingerprint density at radius 1 is 1.14 bits per heavy atom. The Labute approximate surface area is 128 Å². The minimum atomic E-state index is -0.0785. The number of nitrogens with zero attached hydrogens (tertiary/aromatic N) is 2. The van der Waals surface area contributed by atoms with Crippen molar-refractivity contribution in [3.63, 3.8) is 0 Å². The van der Waals surface area contributed by atoms with Gasteiger partial charge < -0.3 is 5.11 Å². The molecule has 1 unspecified atom stereocenters. The molecule has 1 heterocycles. The Bertz CT molecular complexity index is 721. The molecule has 22 heavy (non-hydrogen) atoms. The molecule has 0 saturated carbocycles. The van der Waals surface area contributed by atoms with Gasteiger partial charge in [-0.05, 0) is 23.6 Å². The molecule has 0 fully saturated rings. The molecule has 1 aromatic heterocycles. The molecule has 4 heteroatoms. The normalized spacial score (nSPS) is 18.9. The van der Waals surface area contributed by atoms with Crippen LogP contribution in [0.25, 0.3) is 0 Å². The van der Waals surface area contributed by atoms with E-state index >= 15 is 0 Å². The van der Waals surface area contributed by atoms with Crippen LogP contribution >= 0.6 is 0 Å². The van der Waals surface area contributed by atoms with Crippen molar-refractivity contribution >= 4 is 17.7 Å². The Morgan fingerprint density at radius 2 is 1.95 bits per heavy atom. The van der Waals surface area contributed by atoms with Crippen LogP contribution in [0.4, 0.5) is 5.69 Å². The van der Waals surface area contributed by atoms with Crippen molar-refractivity contribution in [1.29, 1.82) is 0 Å². The van der Waals surface area contributed by atoms with Gasteiger partial charge in [0, 0.05) is 25.3 Å². The van der Waals surface area contributed by atoms with Crippen LogP contribution in [0.15, 0.2) is 71.2 Å². The summed E-state index contributed by atoms with van der Waals surface area (Å²) in [7, 11) is 0. The van der Waals surface area contributed by atoms with E-state index in [-0.39, 0.29) is 17.5 Å². The highest BCUT2D eigenvalue weighted by Gasteiger charge is 2.27. The van der Waals surface area contributed by atoms with Crippen molar-refractivity contribution in [2.75, 3.05) is 0 Å². The molecular weight excluding hydrogens is 276 g/mol. The van der Waals surface area contributed by atoms with Gasteiger partial charge in [0.25, 0.3) is 0 Å². The Kier molecular flexibility index (Phi) is 4.10. The molecule has 4 nitrogen and oxygen atoms in total. The minimum Gasteiger partial charge on any atom is -0.511 e. The smallest absolute Gasteiger partial charge is 0.168 e. The second-order valence-corrected chi connectivity index (χ2v) is 5.27. The molecule has 1 aliphatic carbocycles. The van der Waals surface area contributed by atoms with E-state index in [4.69, 9.17) is 0 Å². The average Bonchev–Trinajstić information content (AvgIpc) is 2.56. The van der Waals surface area contributed by atoms with E-state index in [0.717, 1.165) is 5.56 Å². The zero-order valence-electron chi connectivity index (χ0n) is 12.0. The van der Waals surface area contributed by atoms with Crippen molar-refractivity contribution in [1.82, 2.24) is 4.98 Å². The van der Waals surface area contributed by atoms with Gasteiger partial charge in [0.15, 0.2) is 5.78 Å². The molecule has 0 aliphatic heterocycles. The van der Waals surface area contributed by atoms with Gasteiger partial charge in [-0.3, -0.25) is 14.8 Å². The first kappa shape index (κ1) is 14.2. The van der Waals surface area contributed by atoms with Crippen LogP contribution in [0, 0.1) is 0 Å². The molecule has 0 saturated heterocycles. The fourth-order valence-corrected chi connectivity index (χ4v) is 2.59. The minimum absolute atomic E-state index is 0.0317. The van der Waals surface area contributed by atoms with Crippen LogP contribution in [-0.4, -0.2) is 22.1 Å². The van der Waals surface area contributed by atoms with Crippen LogP contribution in [0.1, 0.15) is 24.3 Å². The second-order valence-electron chi connectivity index (χ2n) is 5.27. The molecule has 0 spiro atoms. The number of benzene rings is 1. The quantitative estimate of drug-likeness (QED) is 0.876. The molecule has 2 aromatic rings. The largest absolute Gasteiger partial charge is 0.511 e. The molecule has 1 aromatic carbocycles. The van der Waals surface area contributed by atoms with Crippen molar-refractivity contribution in [3.05, 3.63) is 71.8 Å². The van der Waals surface area contributed by atoms with E-state index in [1.807, 2.05) is 30.3 Å². The van der Waals surface area contributed by atoms with Gasteiger partial charge >= 0.3 is 0 Å². The molecule has 1 atom stereocenters. The van der Waals surface area contributed by atoms with Gasteiger partial charge in [-0.15, -0.1) is 0 Å². The van der Waals surface area contributed by atoms with Gasteiger partial charge in [-0.25, -0.2) is 0 Å². The standard InChI is InChI=1S/C18H16N2O2/c21-17-9-14(13-5-2-1-3-6-13)10-18(22)16(17)12-20-15-7-4-8-19-11-15/h1-8,11-12,14,21H,9-10H2. The lowest BCUT2D eigenvalue weighted by molar-refractivity contribution is -0.116. The zero-order chi connectivity index (χ0) is 15.4. The number of hydrogen-bond donors (Lipinski definition) is 1. The van der Waals surface area contributed by atoms with Crippen molar-refractivity contribution in [2.45, 2.75) is 18.8 Å². The summed E-state index contributed by atoms with van der Waals surface area (Å²) in [4.78, 5) is 20.4. The molecular formula is C18H16N2O2. The summed E-state index contributed by atoms with van der Waals surface area (Å²) < 4.78 is 0. The zero-order valence-corrected chi connectivity index (χ0v) is 12.0. The van der Waals surface area contributed by atoms with Crippen LogP contribution < -0.4 is 0 Å². The number of allylic oxidation sites excluding steroid dienone is 2. The lowest BCUT2D eigenvalue weighted by atomic mass is 9.83. The number of aliphatic hydroxyl groups is 1. The number of ketones is 1. The molecule has 0 bridgehead atoms. The summed E-state index contributed by atoms with van der Waals surface area (Å²) in [5, 5.41) is 10.2. The van der Waals surface area contributed by atoms with Crippen LogP contribution in [-0.2, 0) is 4.79 Å². The summed E-state index contributed by atoms with van der Waals surface area (Å²) in [5.74, 6) is 0.0622. The number of carbonyl (C=O) groups is 1. The Morgan fingerprint density at radius 3 is 2.64 bits per heavy atom. The maximum atomic E-state index is 12.3. The van der Waals surface area contributed by atoms with Gasteiger partial charge in [0.1, 0.15) is 5.76 Å². The highest BCUT2D eigenvalue weighted by Crippen LogP contribution is 2.33. The van der Waals surface area contributed by atoms with E-state index in [9.17, 15) is 9.90 Å². The first-order valence-electron chi connectivity index (χ1n) is 7.18. The molecule has 0 radical (unpaired) electrons. The third-order valence-electron chi connectivity index (χ3n) is 3.74. The molecule has 0 amide bonds. The van der Waals surface area contributed by atoms with Gasteiger partial charge in [0.05, 0.1) is 17.5 Å². The molecule has 110 valence electrons. The van der Waals surface area contributed by atoms with E-state index in [0.29, 0.717) is 24.1 Å². The van der Waals surface area contributed by atoms with Gasteiger partial charge in [-0.1, -0.05) is 30.3 Å². The Balaban J connectivity index is 1.81. The number of hydrogen-bond acceptors (Lipinski definition) is 4. The Hall–Kier alpha value is -2.75.